The van der Waals surface area contributed by atoms with Crippen molar-refractivity contribution in [3.63, 3.8) is 0 Å². The summed E-state index contributed by atoms with van der Waals surface area (Å²) < 4.78 is 16.4. The number of hydrogen-bond acceptors (Lipinski definition) is 4. The number of quaternary nitrogens is 1. The number of phosphoric ester groups is 1. The number of nitrogens with one attached hydrogen (secondary N) is 2. The number of carbonyl (C=O) groups is 1. The summed E-state index contributed by atoms with van der Waals surface area (Å²) in [5.41, 5.74) is 0. The molecular formula is C27H58N3O5P. The predicted molar refractivity (Wildman–Crippen MR) is 148 cm³/mol. The van der Waals surface area contributed by atoms with E-state index in [0.717, 1.165) is 12.8 Å². The Morgan fingerprint density at radius 1 is 0.778 bits per heavy atom. The lowest BCUT2D eigenvalue weighted by Gasteiger charge is -2.31. The molecule has 2 atom stereocenters. The highest BCUT2D eigenvalue weighted by Crippen LogP contribution is 2.34. The van der Waals surface area contributed by atoms with Crippen molar-refractivity contribution in [1.82, 2.24) is 10.6 Å². The zero-order valence-electron chi connectivity index (χ0n) is 23.9. The zero-order chi connectivity index (χ0) is 27.1. The number of phosphoric acid groups is 1. The van der Waals surface area contributed by atoms with Gasteiger partial charge in [-0.25, -0.2) is 4.79 Å². The van der Waals surface area contributed by atoms with Gasteiger partial charge in [0.05, 0.1) is 21.1 Å². The summed E-state index contributed by atoms with van der Waals surface area (Å²) in [4.78, 5) is 32.0. The van der Waals surface area contributed by atoms with Gasteiger partial charge in [-0.15, -0.1) is 0 Å². The van der Waals surface area contributed by atoms with E-state index in [1.807, 2.05) is 21.1 Å². The number of nitrogens with zero attached hydrogens (tertiary/aromatic N) is 1. The molecule has 216 valence electrons. The van der Waals surface area contributed by atoms with Crippen LogP contribution >= 0.6 is 7.82 Å². The lowest BCUT2D eigenvalue weighted by Crippen LogP contribution is -2.43. The van der Waals surface area contributed by atoms with Gasteiger partial charge in [0.15, 0.2) is 0 Å². The predicted octanol–water partition coefficient (Wildman–Crippen LogP) is 5.88. The average Bonchev–Trinajstić information content (AvgIpc) is 2.76. The summed E-state index contributed by atoms with van der Waals surface area (Å²) in [6.45, 7) is 3.81. The smallest absolute Gasteiger partial charge is 0.314 e. The molecule has 0 aliphatic heterocycles. The highest BCUT2D eigenvalue weighted by atomic mass is 31.2. The molecule has 0 spiro atoms. The Kier molecular flexibility index (Phi) is 21.9. The van der Waals surface area contributed by atoms with Crippen molar-refractivity contribution in [2.24, 2.45) is 0 Å². The Bertz CT molecular complexity index is 566. The van der Waals surface area contributed by atoms with Gasteiger partial charge in [-0.1, -0.05) is 103 Å². The van der Waals surface area contributed by atoms with Gasteiger partial charge in [-0.2, -0.15) is 0 Å². The fourth-order valence-corrected chi connectivity index (χ4v) is 4.99. The normalized spacial score (nSPS) is 14.4. The molecule has 0 aliphatic rings. The van der Waals surface area contributed by atoms with Crippen molar-refractivity contribution >= 4 is 13.9 Å². The Morgan fingerprint density at radius 3 is 1.56 bits per heavy atom. The lowest BCUT2D eigenvalue weighted by molar-refractivity contribution is -0.873. The van der Waals surface area contributed by atoms with Crippen LogP contribution in [0.5, 0.6) is 0 Å². The molecule has 0 radical (unpaired) electrons. The van der Waals surface area contributed by atoms with E-state index in [1.54, 1.807) is 0 Å². The first kappa shape index (κ1) is 35.3. The van der Waals surface area contributed by atoms with Crippen LogP contribution in [0.15, 0.2) is 0 Å². The number of urea groups is 1. The van der Waals surface area contributed by atoms with Crippen molar-refractivity contribution in [3.8, 4) is 0 Å². The van der Waals surface area contributed by atoms with E-state index in [4.69, 9.17) is 9.42 Å². The van der Waals surface area contributed by atoms with Crippen LogP contribution in [-0.2, 0) is 9.09 Å². The molecule has 0 fully saturated rings. The molecule has 0 aromatic rings. The highest BCUT2D eigenvalue weighted by molar-refractivity contribution is 7.44. The standard InChI is InChI=1S/C27H58N3O5P/c1-5-6-7-8-9-10-11-12-13-14-15-16-17-18-19-20-23-28-27(31)29-24-21-22-26(25-30(2,3)4)35-36(32,33)34/h26H,5-25H2,1-4H3,(H3-,28,29,31,32,33,34). The maximum absolute atomic E-state index is 11.9. The SMILES string of the molecule is CCCCCCCCCCCCCCCCCCNC(=O)NCCCC(C[N+](C)(C)C)OP(=O)([O-])O. The number of likely N-dealkylation sites (N-methyl/N-ethyl adjacent to an activating group) is 1. The Hall–Kier alpha value is -0.660. The first-order chi connectivity index (χ1) is 17.0. The van der Waals surface area contributed by atoms with Gasteiger partial charge in [0.2, 0.25) is 0 Å². The number of carbonyl (C=O) groups excluding carboxylic acids is 1. The van der Waals surface area contributed by atoms with Crippen LogP contribution in [0.25, 0.3) is 0 Å². The van der Waals surface area contributed by atoms with Crippen molar-refractivity contribution in [3.05, 3.63) is 0 Å². The van der Waals surface area contributed by atoms with Gasteiger partial charge in [0.1, 0.15) is 12.6 Å². The molecule has 9 heteroatoms. The number of unbranched alkanes of at least 4 members (excludes halogenated alkanes) is 15. The quantitative estimate of drug-likeness (QED) is 0.0768. The van der Waals surface area contributed by atoms with Crippen LogP contribution in [0, 0.1) is 0 Å². The first-order valence-corrected chi connectivity index (χ1v) is 16.1. The summed E-state index contributed by atoms with van der Waals surface area (Å²) in [7, 11) is 0.996. The number of rotatable bonds is 25. The number of hydrogen-bond donors (Lipinski definition) is 3. The van der Waals surface area contributed by atoms with E-state index in [0.29, 0.717) is 37.0 Å². The minimum absolute atomic E-state index is 0.198. The molecule has 8 nitrogen and oxygen atoms in total. The summed E-state index contributed by atoms with van der Waals surface area (Å²) in [5.74, 6) is 0. The van der Waals surface area contributed by atoms with E-state index in [2.05, 4.69) is 17.6 Å². The molecule has 36 heavy (non-hydrogen) atoms. The third-order valence-electron chi connectivity index (χ3n) is 6.34. The van der Waals surface area contributed by atoms with Crippen LogP contribution in [0.1, 0.15) is 122 Å². The number of amides is 2. The molecule has 0 saturated heterocycles. The Labute approximate surface area is 222 Å². The molecule has 3 N–H and O–H groups in total. The molecule has 0 aliphatic carbocycles. The van der Waals surface area contributed by atoms with E-state index in [1.165, 1.54) is 89.9 Å². The van der Waals surface area contributed by atoms with Gasteiger partial charge < -0.3 is 29.4 Å². The van der Waals surface area contributed by atoms with Gasteiger partial charge in [-0.3, -0.25) is 4.57 Å². The minimum atomic E-state index is -4.78. The second-order valence-electron chi connectivity index (χ2n) is 11.3. The maximum Gasteiger partial charge on any atom is 0.314 e. The molecule has 0 aromatic heterocycles. The largest absolute Gasteiger partial charge is 0.756 e. The molecule has 0 aromatic carbocycles. The third-order valence-corrected chi connectivity index (χ3v) is 6.90. The van der Waals surface area contributed by atoms with Crippen LogP contribution in [-0.4, -0.2) is 62.3 Å². The molecular weight excluding hydrogens is 477 g/mol. The average molecular weight is 536 g/mol. The summed E-state index contributed by atoms with van der Waals surface area (Å²) in [6, 6.07) is -0.198. The molecule has 0 saturated carbocycles. The second kappa shape index (κ2) is 22.3. The first-order valence-electron chi connectivity index (χ1n) is 14.6. The van der Waals surface area contributed by atoms with Gasteiger partial charge in [-0.05, 0) is 19.3 Å². The third kappa shape index (κ3) is 27.9. The second-order valence-corrected chi connectivity index (χ2v) is 12.4. The van der Waals surface area contributed by atoms with Crippen LogP contribution in [0.3, 0.4) is 0 Å². The topological polar surface area (TPSA) is 111 Å². The summed E-state index contributed by atoms with van der Waals surface area (Å²) in [6.07, 6.45) is 21.6. The lowest BCUT2D eigenvalue weighted by atomic mass is 10.0. The fourth-order valence-electron chi connectivity index (χ4n) is 4.45. The molecule has 0 rings (SSSR count). The van der Waals surface area contributed by atoms with E-state index >= 15 is 0 Å². The molecule has 0 heterocycles. The molecule has 2 amide bonds. The van der Waals surface area contributed by atoms with Crippen molar-refractivity contribution in [2.45, 2.75) is 129 Å². The Balaban J connectivity index is 3.52. The van der Waals surface area contributed by atoms with Crippen molar-refractivity contribution < 1.29 is 28.2 Å². The van der Waals surface area contributed by atoms with E-state index < -0.39 is 13.9 Å². The van der Waals surface area contributed by atoms with Crippen LogP contribution in [0.4, 0.5) is 4.79 Å². The van der Waals surface area contributed by atoms with Crippen LogP contribution < -0.4 is 15.5 Å². The molecule has 2 unspecified atom stereocenters. The van der Waals surface area contributed by atoms with E-state index in [9.17, 15) is 14.3 Å². The summed E-state index contributed by atoms with van der Waals surface area (Å²) >= 11 is 0. The monoisotopic (exact) mass is 535 g/mol. The van der Waals surface area contributed by atoms with Gasteiger partial charge in [0.25, 0.3) is 7.82 Å². The molecule has 0 bridgehead atoms. The zero-order valence-corrected chi connectivity index (χ0v) is 24.8. The van der Waals surface area contributed by atoms with E-state index in [-0.39, 0.29) is 6.03 Å². The van der Waals surface area contributed by atoms with Gasteiger partial charge in [0, 0.05) is 13.1 Å². The van der Waals surface area contributed by atoms with Gasteiger partial charge >= 0.3 is 6.03 Å². The minimum Gasteiger partial charge on any atom is -0.756 e. The fraction of sp³-hybridized carbons (Fsp3) is 0.963. The van der Waals surface area contributed by atoms with Crippen LogP contribution in [0.2, 0.25) is 0 Å². The maximum atomic E-state index is 11.9. The highest BCUT2D eigenvalue weighted by Gasteiger charge is 2.22. The Morgan fingerprint density at radius 2 is 1.17 bits per heavy atom. The summed E-state index contributed by atoms with van der Waals surface area (Å²) in [5, 5.41) is 5.68. The van der Waals surface area contributed by atoms with Crippen molar-refractivity contribution in [2.75, 3.05) is 40.8 Å². The van der Waals surface area contributed by atoms with Crippen molar-refractivity contribution in [1.29, 1.82) is 0 Å².